The van der Waals surface area contributed by atoms with E-state index in [1.165, 1.54) is 0 Å². The molecule has 0 saturated carbocycles. The molecule has 0 heterocycles. The van der Waals surface area contributed by atoms with E-state index < -0.39 is 12.3 Å². The number of carboxylic acid groups (broad SMARTS) is 1. The van der Waals surface area contributed by atoms with E-state index in [0.717, 1.165) is 0 Å². The summed E-state index contributed by atoms with van der Waals surface area (Å²) in [6.45, 7) is 3.42. The topological polar surface area (TPSA) is 93.8 Å². The Hall–Kier alpha value is -0.920. The minimum Gasteiger partial charge on any atom is -0.465 e. The minimum atomic E-state index is -1.25. The number of hydrogen-bond donors (Lipinski definition) is 3. The zero-order chi connectivity index (χ0) is 13.1. The average Bonchev–Trinajstić information content (AvgIpc) is 2.30. The molecular formula is C10H21FN2O4. The molecule has 2 unspecified atom stereocenters. The summed E-state index contributed by atoms with van der Waals surface area (Å²) in [7, 11) is 0. The number of amides is 1. The molecule has 17 heavy (non-hydrogen) atoms. The fraction of sp³-hybridized carbons (Fsp3) is 0.900. The third-order valence-corrected chi connectivity index (χ3v) is 2.08. The highest BCUT2D eigenvalue weighted by atomic mass is 19.1. The summed E-state index contributed by atoms with van der Waals surface area (Å²) in [5.41, 5.74) is 5.22. The first kappa shape index (κ1) is 16.1. The maximum absolute atomic E-state index is 13.3. The van der Waals surface area contributed by atoms with E-state index in [2.05, 4.69) is 0 Å². The van der Waals surface area contributed by atoms with Gasteiger partial charge in [0, 0.05) is 12.5 Å². The third kappa shape index (κ3) is 9.98. The van der Waals surface area contributed by atoms with Crippen LogP contribution in [0.15, 0.2) is 0 Å². The Balaban J connectivity index is 3.43. The van der Waals surface area contributed by atoms with E-state index in [4.69, 9.17) is 20.3 Å². The molecule has 0 spiro atoms. The quantitative estimate of drug-likeness (QED) is 0.484. The minimum absolute atomic E-state index is 0.219. The van der Waals surface area contributed by atoms with Crippen molar-refractivity contribution >= 4 is 6.09 Å². The van der Waals surface area contributed by atoms with Crippen molar-refractivity contribution < 1.29 is 23.8 Å². The lowest BCUT2D eigenvalue weighted by molar-refractivity contribution is 0.0245. The lowest BCUT2D eigenvalue weighted by Crippen LogP contribution is -2.33. The Morgan fingerprint density at radius 3 is 2.65 bits per heavy atom. The SMILES string of the molecule is CC(COCCOCCN)C(F)CNC(=O)O. The lowest BCUT2D eigenvalue weighted by atomic mass is 10.1. The van der Waals surface area contributed by atoms with Crippen molar-refractivity contribution in [3.8, 4) is 0 Å². The van der Waals surface area contributed by atoms with Crippen molar-refractivity contribution in [1.29, 1.82) is 0 Å². The summed E-state index contributed by atoms with van der Waals surface area (Å²) in [6.07, 6.45) is -2.48. The molecule has 0 aliphatic carbocycles. The van der Waals surface area contributed by atoms with E-state index in [1.54, 1.807) is 6.92 Å². The second-order valence-electron chi connectivity index (χ2n) is 3.66. The fourth-order valence-corrected chi connectivity index (χ4v) is 1.06. The summed E-state index contributed by atoms with van der Waals surface area (Å²) in [6, 6.07) is 0. The standard InChI is InChI=1S/C10H21FN2O4/c1-8(9(11)6-13-10(14)15)7-17-5-4-16-3-2-12/h8-9,13H,2-7,12H2,1H3,(H,14,15). The lowest BCUT2D eigenvalue weighted by Gasteiger charge is -2.16. The molecule has 0 aliphatic heterocycles. The molecule has 1 amide bonds. The van der Waals surface area contributed by atoms with Crippen LogP contribution in [0.25, 0.3) is 0 Å². The van der Waals surface area contributed by atoms with Crippen molar-refractivity contribution in [3.05, 3.63) is 0 Å². The van der Waals surface area contributed by atoms with Gasteiger partial charge < -0.3 is 25.6 Å². The van der Waals surface area contributed by atoms with E-state index in [0.29, 0.717) is 26.4 Å². The molecule has 0 bridgehead atoms. The molecule has 2 atom stereocenters. The van der Waals surface area contributed by atoms with E-state index in [9.17, 15) is 9.18 Å². The third-order valence-electron chi connectivity index (χ3n) is 2.08. The van der Waals surface area contributed by atoms with Crippen LogP contribution in [0.5, 0.6) is 0 Å². The maximum atomic E-state index is 13.3. The second-order valence-corrected chi connectivity index (χ2v) is 3.66. The Labute approximate surface area is 100 Å². The molecule has 0 aromatic carbocycles. The van der Waals surface area contributed by atoms with Crippen LogP contribution in [-0.4, -0.2) is 56.9 Å². The van der Waals surface area contributed by atoms with Gasteiger partial charge in [0.2, 0.25) is 0 Å². The van der Waals surface area contributed by atoms with Crippen LogP contribution in [-0.2, 0) is 9.47 Å². The summed E-state index contributed by atoms with van der Waals surface area (Å²) in [5, 5.41) is 10.3. The first-order chi connectivity index (χ1) is 8.07. The highest BCUT2D eigenvalue weighted by molar-refractivity contribution is 5.64. The Morgan fingerprint density at radius 1 is 1.41 bits per heavy atom. The molecule has 0 rings (SSSR count). The number of hydrogen-bond acceptors (Lipinski definition) is 4. The number of rotatable bonds is 10. The van der Waals surface area contributed by atoms with Crippen LogP contribution in [0.4, 0.5) is 9.18 Å². The normalized spacial score (nSPS) is 14.3. The molecule has 102 valence electrons. The summed E-state index contributed by atoms with van der Waals surface area (Å²) >= 11 is 0. The Kier molecular flexibility index (Phi) is 9.69. The zero-order valence-corrected chi connectivity index (χ0v) is 10.0. The molecule has 0 aromatic rings. The Bertz CT molecular complexity index is 207. The summed E-state index contributed by atoms with van der Waals surface area (Å²) < 4.78 is 23.6. The molecule has 6 nitrogen and oxygen atoms in total. The summed E-state index contributed by atoms with van der Waals surface area (Å²) in [5.74, 6) is -0.364. The highest BCUT2D eigenvalue weighted by Crippen LogP contribution is 2.06. The van der Waals surface area contributed by atoms with E-state index in [1.807, 2.05) is 5.32 Å². The second kappa shape index (κ2) is 10.2. The van der Waals surface area contributed by atoms with Gasteiger partial charge in [-0.3, -0.25) is 0 Å². The van der Waals surface area contributed by atoms with Crippen molar-refractivity contribution in [2.75, 3.05) is 39.5 Å². The van der Waals surface area contributed by atoms with Gasteiger partial charge in [0.05, 0.1) is 33.0 Å². The van der Waals surface area contributed by atoms with Gasteiger partial charge in [0.15, 0.2) is 0 Å². The summed E-state index contributed by atoms with van der Waals surface area (Å²) in [4.78, 5) is 10.2. The number of nitrogens with one attached hydrogen (secondary N) is 1. The van der Waals surface area contributed by atoms with Crippen LogP contribution in [0, 0.1) is 5.92 Å². The predicted molar refractivity (Wildman–Crippen MR) is 60.8 cm³/mol. The average molecular weight is 252 g/mol. The van der Waals surface area contributed by atoms with Crippen LogP contribution >= 0.6 is 0 Å². The van der Waals surface area contributed by atoms with E-state index in [-0.39, 0.29) is 19.1 Å². The van der Waals surface area contributed by atoms with Gasteiger partial charge in [-0.2, -0.15) is 0 Å². The van der Waals surface area contributed by atoms with Crippen LogP contribution in [0.3, 0.4) is 0 Å². The fourth-order valence-electron chi connectivity index (χ4n) is 1.06. The number of halogens is 1. The van der Waals surface area contributed by atoms with Crippen molar-refractivity contribution in [1.82, 2.24) is 5.32 Å². The number of nitrogens with two attached hydrogens (primary N) is 1. The highest BCUT2D eigenvalue weighted by Gasteiger charge is 2.17. The van der Waals surface area contributed by atoms with Gasteiger partial charge >= 0.3 is 6.09 Å². The van der Waals surface area contributed by atoms with Gasteiger partial charge in [-0.05, 0) is 0 Å². The zero-order valence-electron chi connectivity index (χ0n) is 10.0. The first-order valence-electron chi connectivity index (χ1n) is 5.54. The van der Waals surface area contributed by atoms with Crippen LogP contribution in [0.1, 0.15) is 6.92 Å². The molecular weight excluding hydrogens is 231 g/mol. The van der Waals surface area contributed by atoms with Crippen molar-refractivity contribution in [2.24, 2.45) is 11.7 Å². The van der Waals surface area contributed by atoms with Crippen LogP contribution in [0.2, 0.25) is 0 Å². The van der Waals surface area contributed by atoms with Gasteiger partial charge in [0.1, 0.15) is 6.17 Å². The molecule has 0 radical (unpaired) electrons. The monoisotopic (exact) mass is 252 g/mol. The number of ether oxygens (including phenoxy) is 2. The van der Waals surface area contributed by atoms with Gasteiger partial charge in [-0.1, -0.05) is 6.92 Å². The number of carbonyl (C=O) groups is 1. The van der Waals surface area contributed by atoms with Crippen molar-refractivity contribution in [3.63, 3.8) is 0 Å². The molecule has 4 N–H and O–H groups in total. The van der Waals surface area contributed by atoms with Gasteiger partial charge in [0.25, 0.3) is 0 Å². The predicted octanol–water partition coefficient (Wildman–Crippen LogP) is 0.220. The smallest absolute Gasteiger partial charge is 0.404 e. The maximum Gasteiger partial charge on any atom is 0.404 e. The van der Waals surface area contributed by atoms with E-state index >= 15 is 0 Å². The molecule has 0 aromatic heterocycles. The molecule has 0 fully saturated rings. The first-order valence-corrected chi connectivity index (χ1v) is 5.54. The van der Waals surface area contributed by atoms with Gasteiger partial charge in [-0.25, -0.2) is 9.18 Å². The molecule has 0 saturated heterocycles. The molecule has 0 aliphatic rings. The van der Waals surface area contributed by atoms with Crippen molar-refractivity contribution in [2.45, 2.75) is 13.1 Å². The number of alkyl halides is 1. The van der Waals surface area contributed by atoms with Gasteiger partial charge in [-0.15, -0.1) is 0 Å². The van der Waals surface area contributed by atoms with Crippen LogP contribution < -0.4 is 11.1 Å². The molecule has 7 heteroatoms. The Morgan fingerprint density at radius 2 is 2.06 bits per heavy atom. The largest absolute Gasteiger partial charge is 0.465 e.